The molecule has 1 aromatic rings. The molecule has 2 heterocycles. The molecule has 19 heavy (non-hydrogen) atoms. The predicted octanol–water partition coefficient (Wildman–Crippen LogP) is 2.55. The summed E-state index contributed by atoms with van der Waals surface area (Å²) in [5, 5.41) is 3.34. The number of carbonyl (C=O) groups is 1. The van der Waals surface area contributed by atoms with Crippen molar-refractivity contribution >= 4 is 21.8 Å². The van der Waals surface area contributed by atoms with Crippen LogP contribution in [0.25, 0.3) is 0 Å². The smallest absolute Gasteiger partial charge is 0.257 e. The van der Waals surface area contributed by atoms with Gasteiger partial charge in [-0.1, -0.05) is 15.9 Å². The Morgan fingerprint density at radius 2 is 2.11 bits per heavy atom. The van der Waals surface area contributed by atoms with Crippen LogP contribution in [0.15, 0.2) is 22.7 Å². The Hall–Kier alpha value is -0.940. The largest absolute Gasteiger partial charge is 0.331 e. The number of benzene rings is 1. The molecule has 2 atom stereocenters. The van der Waals surface area contributed by atoms with E-state index in [4.69, 9.17) is 0 Å². The van der Waals surface area contributed by atoms with Crippen LogP contribution in [0.1, 0.15) is 29.6 Å². The number of hydrogen-bond donors (Lipinski definition) is 1. The van der Waals surface area contributed by atoms with Crippen LogP contribution in [0.3, 0.4) is 0 Å². The van der Waals surface area contributed by atoms with E-state index >= 15 is 0 Å². The molecule has 0 saturated carbocycles. The van der Waals surface area contributed by atoms with Gasteiger partial charge in [0.2, 0.25) is 0 Å². The maximum Gasteiger partial charge on any atom is 0.257 e. The topological polar surface area (TPSA) is 32.3 Å². The molecule has 102 valence electrons. The van der Waals surface area contributed by atoms with E-state index < -0.39 is 5.82 Å². The summed E-state index contributed by atoms with van der Waals surface area (Å²) in [6.07, 6.45) is 3.01. The molecule has 3 nitrogen and oxygen atoms in total. The van der Waals surface area contributed by atoms with Gasteiger partial charge in [0.05, 0.1) is 5.56 Å². The van der Waals surface area contributed by atoms with Crippen LogP contribution in [0.4, 0.5) is 4.39 Å². The van der Waals surface area contributed by atoms with Gasteiger partial charge in [0.15, 0.2) is 0 Å². The second-order valence-electron chi connectivity index (χ2n) is 5.21. The zero-order valence-electron chi connectivity index (χ0n) is 10.5. The monoisotopic (exact) mass is 326 g/mol. The molecule has 1 N–H and O–H groups in total. The van der Waals surface area contributed by atoms with Gasteiger partial charge in [0.25, 0.3) is 5.91 Å². The lowest BCUT2D eigenvalue weighted by atomic mass is 10.1. The Balaban J connectivity index is 1.90. The Labute approximate surface area is 120 Å². The highest BCUT2D eigenvalue weighted by atomic mass is 79.9. The average molecular weight is 327 g/mol. The van der Waals surface area contributed by atoms with E-state index in [1.54, 1.807) is 12.1 Å². The fourth-order valence-electron chi connectivity index (χ4n) is 3.12. The van der Waals surface area contributed by atoms with Crippen molar-refractivity contribution in [3.8, 4) is 0 Å². The quantitative estimate of drug-likeness (QED) is 0.860. The predicted molar refractivity (Wildman–Crippen MR) is 74.6 cm³/mol. The third-order valence-corrected chi connectivity index (χ3v) is 4.54. The Kier molecular flexibility index (Phi) is 3.58. The van der Waals surface area contributed by atoms with Gasteiger partial charge in [-0.15, -0.1) is 0 Å². The lowest BCUT2D eigenvalue weighted by molar-refractivity contribution is 0.0675. The summed E-state index contributed by atoms with van der Waals surface area (Å²) >= 11 is 3.22. The first-order valence-electron chi connectivity index (χ1n) is 6.65. The molecule has 0 radical (unpaired) electrons. The van der Waals surface area contributed by atoms with Crippen molar-refractivity contribution in [1.82, 2.24) is 10.2 Å². The number of fused-ring (bicyclic) bond motifs is 2. The molecule has 1 amide bonds. The van der Waals surface area contributed by atoms with Crippen molar-refractivity contribution in [2.24, 2.45) is 0 Å². The minimum Gasteiger partial charge on any atom is -0.331 e. The Bertz CT molecular complexity index is 494. The molecule has 0 aliphatic carbocycles. The number of nitrogens with zero attached hydrogens (tertiary/aromatic N) is 1. The zero-order valence-corrected chi connectivity index (χ0v) is 12.1. The van der Waals surface area contributed by atoms with Gasteiger partial charge < -0.3 is 10.2 Å². The molecule has 2 unspecified atom stereocenters. The van der Waals surface area contributed by atoms with Crippen molar-refractivity contribution < 1.29 is 9.18 Å². The first-order valence-corrected chi connectivity index (χ1v) is 7.44. The molecule has 0 spiro atoms. The number of nitrogens with one attached hydrogen (secondary N) is 1. The maximum absolute atomic E-state index is 13.9. The second-order valence-corrected chi connectivity index (χ2v) is 6.13. The van der Waals surface area contributed by atoms with Gasteiger partial charge in [-0.3, -0.25) is 4.79 Å². The van der Waals surface area contributed by atoms with Crippen molar-refractivity contribution in [3.63, 3.8) is 0 Å². The third kappa shape index (κ3) is 2.41. The van der Waals surface area contributed by atoms with Gasteiger partial charge in [0.1, 0.15) is 5.82 Å². The van der Waals surface area contributed by atoms with Crippen LogP contribution >= 0.6 is 15.9 Å². The van der Waals surface area contributed by atoms with E-state index in [-0.39, 0.29) is 23.6 Å². The summed E-state index contributed by atoms with van der Waals surface area (Å²) in [6.45, 7) is 1.76. The molecule has 0 aromatic heterocycles. The highest BCUT2D eigenvalue weighted by Gasteiger charge is 2.38. The number of halogens is 2. The van der Waals surface area contributed by atoms with Gasteiger partial charge in [-0.2, -0.15) is 0 Å². The molecular weight excluding hydrogens is 311 g/mol. The van der Waals surface area contributed by atoms with Crippen LogP contribution in [0, 0.1) is 5.82 Å². The zero-order chi connectivity index (χ0) is 13.4. The lowest BCUT2D eigenvalue weighted by Gasteiger charge is -2.28. The molecule has 2 bridgehead atoms. The second kappa shape index (κ2) is 5.21. The summed E-state index contributed by atoms with van der Waals surface area (Å²) < 4.78 is 14.6. The van der Waals surface area contributed by atoms with Crippen molar-refractivity contribution in [2.45, 2.75) is 31.3 Å². The SMILES string of the molecule is O=C(c1ccc(Br)cc1F)N1C2CCNCC1CC2. The fourth-order valence-corrected chi connectivity index (χ4v) is 3.45. The lowest BCUT2D eigenvalue weighted by Crippen LogP contribution is -2.42. The van der Waals surface area contributed by atoms with E-state index in [1.807, 2.05) is 4.90 Å². The Morgan fingerprint density at radius 3 is 2.89 bits per heavy atom. The van der Waals surface area contributed by atoms with E-state index in [0.717, 1.165) is 32.4 Å². The summed E-state index contributed by atoms with van der Waals surface area (Å²) in [4.78, 5) is 14.5. The van der Waals surface area contributed by atoms with E-state index in [2.05, 4.69) is 21.2 Å². The first-order chi connectivity index (χ1) is 9.16. The number of rotatable bonds is 1. The summed E-state index contributed by atoms with van der Waals surface area (Å²) in [5.74, 6) is -0.614. The number of carbonyl (C=O) groups excluding carboxylic acids is 1. The molecule has 2 saturated heterocycles. The van der Waals surface area contributed by atoms with E-state index in [0.29, 0.717) is 4.47 Å². The molecule has 1 aromatic carbocycles. The molecule has 2 aliphatic rings. The molecule has 2 fully saturated rings. The van der Waals surface area contributed by atoms with Crippen LogP contribution in [0.2, 0.25) is 0 Å². The van der Waals surface area contributed by atoms with Crippen molar-refractivity contribution in [2.75, 3.05) is 13.1 Å². The molecule has 5 heteroatoms. The standard InChI is InChI=1S/C14H16BrFN2O/c15-9-1-4-12(13(16)7-9)14(19)18-10-2-3-11(18)8-17-6-5-10/h1,4,7,10-11,17H,2-3,5-6,8H2. The van der Waals surface area contributed by atoms with Gasteiger partial charge in [0, 0.05) is 23.1 Å². The minimum absolute atomic E-state index is 0.166. The summed E-state index contributed by atoms with van der Waals surface area (Å²) in [6, 6.07) is 5.11. The number of amides is 1. The first kappa shape index (κ1) is 13.1. The highest BCUT2D eigenvalue weighted by molar-refractivity contribution is 9.10. The minimum atomic E-state index is -0.448. The Morgan fingerprint density at radius 1 is 1.32 bits per heavy atom. The van der Waals surface area contributed by atoms with Crippen LogP contribution in [-0.4, -0.2) is 36.0 Å². The van der Waals surface area contributed by atoms with Crippen molar-refractivity contribution in [1.29, 1.82) is 0 Å². The normalized spacial score (nSPS) is 26.3. The third-order valence-electron chi connectivity index (χ3n) is 4.05. The van der Waals surface area contributed by atoms with Crippen molar-refractivity contribution in [3.05, 3.63) is 34.1 Å². The molecule has 3 rings (SSSR count). The van der Waals surface area contributed by atoms with Crippen LogP contribution in [0.5, 0.6) is 0 Å². The van der Waals surface area contributed by atoms with E-state index in [1.165, 1.54) is 6.07 Å². The number of hydrogen-bond acceptors (Lipinski definition) is 2. The molecule has 2 aliphatic heterocycles. The highest BCUT2D eigenvalue weighted by Crippen LogP contribution is 2.30. The van der Waals surface area contributed by atoms with Gasteiger partial charge in [-0.05, 0) is 44.0 Å². The van der Waals surface area contributed by atoms with Crippen LogP contribution < -0.4 is 5.32 Å². The van der Waals surface area contributed by atoms with Gasteiger partial charge >= 0.3 is 0 Å². The average Bonchev–Trinajstić information content (AvgIpc) is 2.62. The maximum atomic E-state index is 13.9. The molecular formula is C14H16BrFN2O. The summed E-state index contributed by atoms with van der Waals surface area (Å²) in [7, 11) is 0. The fraction of sp³-hybridized carbons (Fsp3) is 0.500. The van der Waals surface area contributed by atoms with E-state index in [9.17, 15) is 9.18 Å². The van der Waals surface area contributed by atoms with Crippen LogP contribution in [-0.2, 0) is 0 Å². The summed E-state index contributed by atoms with van der Waals surface area (Å²) in [5.41, 5.74) is 0.182. The van der Waals surface area contributed by atoms with Gasteiger partial charge in [-0.25, -0.2) is 4.39 Å².